The lowest BCUT2D eigenvalue weighted by atomic mass is 10.2. The molecule has 2 aliphatic heterocycles. The van der Waals surface area contributed by atoms with E-state index in [4.69, 9.17) is 15.2 Å². The van der Waals surface area contributed by atoms with Gasteiger partial charge in [0.15, 0.2) is 4.80 Å². The van der Waals surface area contributed by atoms with Crippen molar-refractivity contribution in [3.05, 3.63) is 22.5 Å². The maximum atomic E-state index is 12.9. The van der Waals surface area contributed by atoms with Gasteiger partial charge in [0.25, 0.3) is 5.12 Å². The minimum absolute atomic E-state index is 0.235. The van der Waals surface area contributed by atoms with E-state index in [1.54, 1.807) is 4.57 Å². The number of nitrogens with one attached hydrogen (secondary N) is 1. The van der Waals surface area contributed by atoms with Crippen molar-refractivity contribution in [1.29, 1.82) is 5.41 Å². The molecule has 0 radical (unpaired) electrons. The third-order valence-corrected chi connectivity index (χ3v) is 5.39. The second kappa shape index (κ2) is 3.79. The molecule has 1 spiro atoms. The highest BCUT2D eigenvalue weighted by Gasteiger charge is 2.52. The summed E-state index contributed by atoms with van der Waals surface area (Å²) >= 11 is 2.19. The van der Waals surface area contributed by atoms with Crippen LogP contribution in [0.4, 0.5) is 13.2 Å². The molecule has 1 fully saturated rings. The van der Waals surface area contributed by atoms with Crippen LogP contribution in [0.1, 0.15) is 12.0 Å². The summed E-state index contributed by atoms with van der Waals surface area (Å²) in [6, 6.07) is 2.21. The van der Waals surface area contributed by atoms with Crippen LogP contribution >= 0.6 is 23.1 Å². The molecule has 0 atom stereocenters. The highest BCUT2D eigenvalue weighted by Crippen LogP contribution is 2.52. The predicted molar refractivity (Wildman–Crippen MR) is 66.0 cm³/mol. The van der Waals surface area contributed by atoms with Crippen LogP contribution < -0.4 is 4.80 Å². The molecule has 2 aromatic rings. The van der Waals surface area contributed by atoms with Gasteiger partial charge in [-0.25, -0.2) is 0 Å². The average molecular weight is 320 g/mol. The highest BCUT2D eigenvalue weighted by atomic mass is 32.2. The number of aromatic nitrogens is 1. The van der Waals surface area contributed by atoms with Crippen molar-refractivity contribution in [3.63, 3.8) is 0 Å². The fourth-order valence-electron chi connectivity index (χ4n) is 2.27. The van der Waals surface area contributed by atoms with Crippen LogP contribution in [0.25, 0.3) is 10.2 Å². The van der Waals surface area contributed by atoms with Crippen LogP contribution in [0.15, 0.2) is 17.0 Å². The van der Waals surface area contributed by atoms with E-state index >= 15 is 0 Å². The molecule has 1 saturated heterocycles. The summed E-state index contributed by atoms with van der Waals surface area (Å²) in [5.41, 5.74) is -0.0485. The van der Waals surface area contributed by atoms with Crippen molar-refractivity contribution < 1.29 is 22.9 Å². The van der Waals surface area contributed by atoms with Crippen LogP contribution in [-0.2, 0) is 22.5 Å². The van der Waals surface area contributed by atoms with E-state index in [1.807, 2.05) is 0 Å². The Morgan fingerprint density at radius 2 is 2.05 bits per heavy atom. The molecule has 1 N–H and O–H groups in total. The van der Waals surface area contributed by atoms with Gasteiger partial charge in [0.2, 0.25) is 0 Å². The third-order valence-electron chi connectivity index (χ3n) is 3.27. The minimum atomic E-state index is -4.41. The number of benzene rings is 1. The molecular weight excluding hydrogens is 313 g/mol. The second-order valence-electron chi connectivity index (χ2n) is 4.58. The van der Waals surface area contributed by atoms with E-state index in [0.29, 0.717) is 28.1 Å². The van der Waals surface area contributed by atoms with Crippen LogP contribution in [0.2, 0.25) is 0 Å². The fourth-order valence-corrected chi connectivity index (χ4v) is 4.47. The maximum absolute atomic E-state index is 12.9. The number of rotatable bonds is 0. The van der Waals surface area contributed by atoms with Crippen molar-refractivity contribution >= 4 is 33.3 Å². The molecule has 0 amide bonds. The lowest BCUT2D eigenvalue weighted by molar-refractivity contribution is -0.137. The third kappa shape index (κ3) is 1.80. The van der Waals surface area contributed by atoms with Gasteiger partial charge in [0.1, 0.15) is 0 Å². The summed E-state index contributed by atoms with van der Waals surface area (Å²) in [5.74, 6) is 0. The SMILES string of the molecule is N=c1sc2cc(C(F)(F)F)cc3c2n1CCC1(OO1)S3. The number of alkyl halides is 3. The zero-order chi connectivity index (χ0) is 14.1. The average Bonchev–Trinajstić information content (AvgIpc) is 3.06. The summed E-state index contributed by atoms with van der Waals surface area (Å²) < 4.78 is 41.0. The molecule has 106 valence electrons. The smallest absolute Gasteiger partial charge is 0.316 e. The largest absolute Gasteiger partial charge is 0.416 e. The van der Waals surface area contributed by atoms with Gasteiger partial charge in [-0.15, -0.1) is 0 Å². The van der Waals surface area contributed by atoms with Gasteiger partial charge >= 0.3 is 6.18 Å². The van der Waals surface area contributed by atoms with Crippen LogP contribution in [0.5, 0.6) is 0 Å². The summed E-state index contributed by atoms with van der Waals surface area (Å²) in [6.07, 6.45) is -3.91. The molecular formula is C11H7F3N2O2S2. The van der Waals surface area contributed by atoms with Gasteiger partial charge in [-0.1, -0.05) is 23.1 Å². The Bertz CT molecular complexity index is 776. The Morgan fingerprint density at radius 1 is 1.30 bits per heavy atom. The lowest BCUT2D eigenvalue weighted by Crippen LogP contribution is -2.15. The zero-order valence-electron chi connectivity index (χ0n) is 9.78. The van der Waals surface area contributed by atoms with Gasteiger partial charge in [0.05, 0.1) is 15.8 Å². The first-order valence-electron chi connectivity index (χ1n) is 5.73. The number of hydrogen-bond acceptors (Lipinski definition) is 5. The molecule has 0 saturated carbocycles. The molecule has 9 heteroatoms. The Labute approximate surface area is 118 Å². The van der Waals surface area contributed by atoms with Gasteiger partial charge in [-0.3, -0.25) is 5.41 Å². The molecule has 2 aliphatic rings. The standard InChI is InChI=1S/C11H7F3N2O2S2/c12-11(13,14)5-3-6-8-7(4-5)20-10(17-18-10)1-2-16(8)9(15)19-6/h3-4,15H,1-2H2. The highest BCUT2D eigenvalue weighted by molar-refractivity contribution is 8.00. The number of thiazole rings is 1. The first-order valence-corrected chi connectivity index (χ1v) is 7.36. The van der Waals surface area contributed by atoms with Crippen LogP contribution in [-0.4, -0.2) is 9.69 Å². The molecule has 1 aromatic heterocycles. The van der Waals surface area contributed by atoms with Crippen molar-refractivity contribution in [2.24, 2.45) is 0 Å². The van der Waals surface area contributed by atoms with E-state index in [9.17, 15) is 13.2 Å². The summed E-state index contributed by atoms with van der Waals surface area (Å²) in [4.78, 5) is 10.5. The Balaban J connectivity index is 2.02. The molecule has 4 rings (SSSR count). The minimum Gasteiger partial charge on any atom is -0.316 e. The van der Waals surface area contributed by atoms with Crippen molar-refractivity contribution in [2.45, 2.75) is 29.2 Å². The molecule has 3 heterocycles. The predicted octanol–water partition coefficient (Wildman–Crippen LogP) is 3.31. The number of nitrogens with zero attached hydrogens (tertiary/aromatic N) is 1. The monoisotopic (exact) mass is 320 g/mol. The van der Waals surface area contributed by atoms with E-state index in [1.165, 1.54) is 0 Å². The fraction of sp³-hybridized carbons (Fsp3) is 0.364. The summed E-state index contributed by atoms with van der Waals surface area (Å²) in [5, 5.41) is 7.03. The number of thioether (sulfide) groups is 1. The Hall–Kier alpha value is -1.03. The maximum Gasteiger partial charge on any atom is 0.416 e. The lowest BCUT2D eigenvalue weighted by Gasteiger charge is -2.10. The Morgan fingerprint density at radius 3 is 2.70 bits per heavy atom. The molecule has 0 unspecified atom stereocenters. The normalized spacial score (nSPS) is 20.4. The van der Waals surface area contributed by atoms with E-state index in [2.05, 4.69) is 0 Å². The van der Waals surface area contributed by atoms with Crippen molar-refractivity contribution in [3.8, 4) is 0 Å². The van der Waals surface area contributed by atoms with Crippen LogP contribution in [0.3, 0.4) is 0 Å². The first-order chi connectivity index (χ1) is 9.38. The van der Waals surface area contributed by atoms with Crippen molar-refractivity contribution in [1.82, 2.24) is 4.57 Å². The molecule has 20 heavy (non-hydrogen) atoms. The van der Waals surface area contributed by atoms with Gasteiger partial charge < -0.3 is 4.57 Å². The topological polar surface area (TPSA) is 53.8 Å². The molecule has 4 nitrogen and oxygen atoms in total. The zero-order valence-corrected chi connectivity index (χ0v) is 11.4. The van der Waals surface area contributed by atoms with E-state index < -0.39 is 16.9 Å². The molecule has 1 aromatic carbocycles. The van der Waals surface area contributed by atoms with Gasteiger partial charge in [-0.2, -0.15) is 22.9 Å². The summed E-state index contributed by atoms with van der Waals surface area (Å²) in [6.45, 7) is 0.490. The quantitative estimate of drug-likeness (QED) is 0.598. The Kier molecular flexibility index (Phi) is 2.40. The van der Waals surface area contributed by atoms with E-state index in [-0.39, 0.29) is 4.80 Å². The molecule has 0 aliphatic carbocycles. The number of halogens is 3. The second-order valence-corrected chi connectivity index (χ2v) is 6.88. The van der Waals surface area contributed by atoms with E-state index in [0.717, 1.165) is 35.2 Å². The number of aryl methyl sites for hydroxylation is 1. The van der Waals surface area contributed by atoms with Gasteiger partial charge in [0, 0.05) is 17.9 Å². The van der Waals surface area contributed by atoms with Gasteiger partial charge in [-0.05, 0) is 12.1 Å². The number of hydrogen-bond donors (Lipinski definition) is 1. The summed E-state index contributed by atoms with van der Waals surface area (Å²) in [7, 11) is 0. The first kappa shape index (κ1) is 12.7. The van der Waals surface area contributed by atoms with Crippen LogP contribution in [0, 0.1) is 5.41 Å². The molecule has 0 bridgehead atoms. The van der Waals surface area contributed by atoms with Crippen molar-refractivity contribution in [2.75, 3.05) is 0 Å².